The van der Waals surface area contributed by atoms with Gasteiger partial charge in [-0.2, -0.15) is 13.2 Å². The lowest BCUT2D eigenvalue weighted by atomic mass is 9.64. The number of fused-ring (bicyclic) bond motifs is 3. The summed E-state index contributed by atoms with van der Waals surface area (Å²) in [5.74, 6) is -3.81. The number of aliphatic imine (C=N–C) groups is 1. The number of imidazole rings is 1. The quantitative estimate of drug-likeness (QED) is 0.237. The monoisotopic (exact) mass is 648 g/mol. The number of nitrogens with zero attached hydrogens (tertiary/aromatic N) is 4. The van der Waals surface area contributed by atoms with Crippen molar-refractivity contribution in [3.8, 4) is 5.75 Å². The Morgan fingerprint density at radius 2 is 2.14 bits per heavy atom. The number of anilines is 1. The minimum Gasteiger partial charge on any atom is -0.542 e. The zero-order chi connectivity index (χ0) is 31.5. The molecule has 5 atom stereocenters. The molecule has 2 aromatic rings. The second-order valence-corrected chi connectivity index (χ2v) is 13.6. The number of aromatic nitrogens is 2. The van der Waals surface area contributed by atoms with Gasteiger partial charge in [-0.15, -0.1) is 11.8 Å². The van der Waals surface area contributed by atoms with E-state index in [9.17, 15) is 33.0 Å². The third kappa shape index (κ3) is 3.91. The van der Waals surface area contributed by atoms with Crippen LogP contribution in [0.1, 0.15) is 24.1 Å². The summed E-state index contributed by atoms with van der Waals surface area (Å²) < 4.78 is 35.6. The molecule has 1 fully saturated rings. The number of halogens is 3. The van der Waals surface area contributed by atoms with Crippen LogP contribution in [0.3, 0.4) is 0 Å². The molecular weight excluding hydrogens is 625 g/mol. The van der Waals surface area contributed by atoms with Crippen LogP contribution in [0.25, 0.3) is 5.57 Å². The van der Waals surface area contributed by atoms with Crippen LogP contribution in [0.4, 0.5) is 24.5 Å². The molecule has 3 bridgehead atoms. The van der Waals surface area contributed by atoms with Gasteiger partial charge in [0.1, 0.15) is 29.3 Å². The third-order valence-corrected chi connectivity index (χ3v) is 11.6. The summed E-state index contributed by atoms with van der Waals surface area (Å²) in [4.78, 5) is 44.4. The molecule has 0 saturated carbocycles. The van der Waals surface area contributed by atoms with Crippen LogP contribution < -0.4 is 31.3 Å². The molecule has 0 radical (unpaired) electrons. The minimum absolute atomic E-state index is 0.0251. The lowest BCUT2D eigenvalue weighted by molar-refractivity contribution is -0.344. The molecule has 1 aliphatic carbocycles. The highest BCUT2D eigenvalue weighted by Crippen LogP contribution is 2.65. The van der Waals surface area contributed by atoms with Gasteiger partial charge in [-0.25, -0.2) is 9.56 Å². The first-order chi connectivity index (χ1) is 20.7. The molecule has 0 amide bonds. The number of benzene rings is 1. The van der Waals surface area contributed by atoms with Gasteiger partial charge in [0.15, 0.2) is 5.75 Å². The van der Waals surface area contributed by atoms with Gasteiger partial charge in [-0.3, -0.25) is 14.6 Å². The summed E-state index contributed by atoms with van der Waals surface area (Å²) in [6.45, 7) is 0.688. The fourth-order valence-electron chi connectivity index (χ4n) is 7.05. The number of ketones is 1. The zero-order valence-electron chi connectivity index (χ0n) is 22.7. The van der Waals surface area contributed by atoms with Gasteiger partial charge < -0.3 is 35.7 Å². The standard InChI is InChI=1S/C25H22N6O4S2.C2HF3O2/c1-30-8-28-23(11(30)4-10(26)24(34)35)37-22-19-12(32)5-13-25(22)6-14(36-13)29-18-16(25)20-15-9(2-3-31(19)20)7-27-17(15)21(18)33;3-2(4,5)1(6)7/h5,7-8,10,14,19,22H,2-4,6,26H2,1H3,(H2,27,29,33,34,35);(H,6,7)/t10-,14-,19+,22?,25+;/m0./s1. The van der Waals surface area contributed by atoms with Gasteiger partial charge in [0, 0.05) is 31.0 Å². The van der Waals surface area contributed by atoms with E-state index in [1.165, 1.54) is 0 Å². The van der Waals surface area contributed by atoms with Crippen LogP contribution in [-0.4, -0.2) is 79.1 Å². The Kier molecular flexibility index (Phi) is 6.30. The maximum absolute atomic E-state index is 13.8. The van der Waals surface area contributed by atoms with Gasteiger partial charge in [-0.1, -0.05) is 11.8 Å². The molecule has 230 valence electrons. The van der Waals surface area contributed by atoms with E-state index in [0.29, 0.717) is 17.3 Å². The fourth-order valence-corrected chi connectivity index (χ4v) is 10.3. The second kappa shape index (κ2) is 9.58. The number of aliphatic carboxylic acids is 2. The number of carboxylic acid groups (broad SMARTS) is 2. The van der Waals surface area contributed by atoms with Crippen molar-refractivity contribution < 1.29 is 42.9 Å². The molecule has 5 aliphatic heterocycles. The summed E-state index contributed by atoms with van der Waals surface area (Å²) in [5, 5.41) is 35.7. The number of carbonyl (C=O) groups is 3. The molecule has 44 heavy (non-hydrogen) atoms. The van der Waals surface area contributed by atoms with Crippen LogP contribution in [0, 0.1) is 0 Å². The number of phenolic OH excluding ortho intramolecular Hbond substituents is 1. The Hall–Kier alpha value is -3.83. The number of hydrogen-bond acceptors (Lipinski definition) is 11. The molecule has 17 heteroatoms. The fraction of sp³-hybridized carbons (Fsp3) is 0.407. The van der Waals surface area contributed by atoms with Crippen LogP contribution in [0.15, 0.2) is 27.3 Å². The minimum atomic E-state index is -5.19. The van der Waals surface area contributed by atoms with Crippen molar-refractivity contribution in [2.75, 3.05) is 11.9 Å². The van der Waals surface area contributed by atoms with Crippen molar-refractivity contribution in [2.45, 2.75) is 58.6 Å². The number of alkyl halides is 3. The maximum atomic E-state index is 13.8. The van der Waals surface area contributed by atoms with Gasteiger partial charge in [0.05, 0.1) is 44.5 Å². The van der Waals surface area contributed by atoms with Crippen LogP contribution >= 0.6 is 23.5 Å². The first kappa shape index (κ1) is 28.9. The van der Waals surface area contributed by atoms with E-state index in [0.717, 1.165) is 50.8 Å². The predicted molar refractivity (Wildman–Crippen MR) is 151 cm³/mol. The van der Waals surface area contributed by atoms with Crippen molar-refractivity contribution in [3.63, 3.8) is 0 Å². The molecule has 1 spiro atoms. The van der Waals surface area contributed by atoms with Crippen molar-refractivity contribution in [1.29, 1.82) is 0 Å². The van der Waals surface area contributed by atoms with Gasteiger partial charge in [0.2, 0.25) is 17.2 Å². The number of carboxylic acids is 2. The van der Waals surface area contributed by atoms with Crippen LogP contribution in [0.5, 0.6) is 5.75 Å². The smallest absolute Gasteiger partial charge is 0.430 e. The summed E-state index contributed by atoms with van der Waals surface area (Å²) >= 11 is 3.22. The average Bonchev–Trinajstić information content (AvgIpc) is 3.61. The van der Waals surface area contributed by atoms with E-state index in [-0.39, 0.29) is 28.6 Å². The van der Waals surface area contributed by atoms with Gasteiger partial charge in [0.25, 0.3) is 0 Å². The van der Waals surface area contributed by atoms with Crippen molar-refractivity contribution in [1.82, 2.24) is 14.1 Å². The largest absolute Gasteiger partial charge is 0.542 e. The topological polar surface area (TPSA) is 186 Å². The highest BCUT2D eigenvalue weighted by molar-refractivity contribution is 8.04. The predicted octanol–water partition coefficient (Wildman–Crippen LogP) is -0.724. The molecule has 12 nitrogen and oxygen atoms in total. The molecule has 5 N–H and O–H groups in total. The molecule has 1 unspecified atom stereocenters. The maximum Gasteiger partial charge on any atom is 0.430 e. The normalized spacial score (nSPS) is 27.0. The third-order valence-electron chi connectivity index (χ3n) is 8.86. The Bertz CT molecular complexity index is 1910. The van der Waals surface area contributed by atoms with E-state index < -0.39 is 35.6 Å². The van der Waals surface area contributed by atoms with Crippen molar-refractivity contribution >= 4 is 64.4 Å². The number of thioether (sulfide) groups is 2. The molecule has 1 saturated heterocycles. The van der Waals surface area contributed by atoms with Gasteiger partial charge >= 0.3 is 12.1 Å². The van der Waals surface area contributed by atoms with E-state index in [4.69, 9.17) is 15.6 Å². The number of rotatable bonds is 5. The molecule has 1 aromatic carbocycles. The number of allylic oxidation sites excluding steroid dienone is 1. The second-order valence-electron chi connectivity index (χ2n) is 11.3. The van der Waals surface area contributed by atoms with Crippen molar-refractivity contribution in [2.24, 2.45) is 17.8 Å². The molecule has 6 aliphatic rings. The SMILES string of the molecule is Cn1cnc(SC2[C@H]3C(=O)C=C4S[C@H]5C[C@]42c2c(c(O)c4c6c2=[N+]3CCC=6C=N4)N5)c1C[C@H](N)C(=O)O.O=C([O-])C(F)(F)F. The highest BCUT2D eigenvalue weighted by Gasteiger charge is 2.67. The number of aromatic hydroxyl groups is 1. The molecule has 8 rings (SSSR count). The Morgan fingerprint density at radius 1 is 1.41 bits per heavy atom. The summed E-state index contributed by atoms with van der Waals surface area (Å²) in [7, 11) is 1.84. The Labute approximate surface area is 254 Å². The molecule has 6 heterocycles. The van der Waals surface area contributed by atoms with Crippen molar-refractivity contribution in [3.05, 3.63) is 39.1 Å². The zero-order valence-corrected chi connectivity index (χ0v) is 24.3. The first-order valence-corrected chi connectivity index (χ1v) is 15.2. The average molecular weight is 649 g/mol. The number of hydrogen-bond donors (Lipinski definition) is 4. The lowest BCUT2D eigenvalue weighted by Gasteiger charge is -2.47. The number of nitrogens with two attached hydrogens (primary N) is 1. The van der Waals surface area contributed by atoms with E-state index in [1.54, 1.807) is 29.9 Å². The molecular formula is C27H23F3N6O6S2. The number of nitrogens with one attached hydrogen (secondary N) is 1. The van der Waals surface area contributed by atoms with E-state index in [1.807, 2.05) is 23.9 Å². The summed E-state index contributed by atoms with van der Waals surface area (Å²) in [6.07, 6.45) is 1.85. The summed E-state index contributed by atoms with van der Waals surface area (Å²) in [5.41, 5.74) is 9.67. The van der Waals surface area contributed by atoms with Crippen LogP contribution in [-0.2, 0) is 33.3 Å². The first-order valence-electron chi connectivity index (χ1n) is 13.5. The van der Waals surface area contributed by atoms with Gasteiger partial charge in [-0.05, 0) is 18.1 Å². The lowest BCUT2D eigenvalue weighted by Crippen LogP contribution is -2.69. The Morgan fingerprint density at radius 3 is 2.82 bits per heavy atom. The summed E-state index contributed by atoms with van der Waals surface area (Å²) in [6, 6.07) is -1.45. The van der Waals surface area contributed by atoms with Crippen LogP contribution in [0.2, 0.25) is 0 Å². The van der Waals surface area contributed by atoms with E-state index >= 15 is 0 Å². The number of carbonyl (C=O) groups excluding carboxylic acids is 2. The molecule has 1 aromatic heterocycles. The Balaban J connectivity index is 0.000000403. The number of aryl methyl sites for hydroxylation is 1. The van der Waals surface area contributed by atoms with E-state index in [2.05, 4.69) is 19.9 Å². The number of phenols is 1. The highest BCUT2D eigenvalue weighted by atomic mass is 32.2.